The average molecular weight is 177 g/mol. The normalized spacial score (nSPS) is 9.62. The van der Waals surface area contributed by atoms with E-state index in [1.165, 1.54) is 0 Å². The summed E-state index contributed by atoms with van der Waals surface area (Å²) in [6, 6.07) is 8.98. The Bertz CT molecular complexity index is 254. The van der Waals surface area contributed by atoms with Crippen molar-refractivity contribution >= 4 is 5.97 Å². The zero-order valence-electron chi connectivity index (χ0n) is 7.69. The molecule has 0 saturated heterocycles. The average Bonchev–Trinajstić information content (AvgIpc) is 2.19. The summed E-state index contributed by atoms with van der Waals surface area (Å²) in [5.41, 5.74) is 0.592. The number of unbranched alkanes of at least 4 members (excludes halogenated alkanes) is 1. The number of hydrogen-bond acceptors (Lipinski definition) is 2. The lowest BCUT2D eigenvalue weighted by Crippen LogP contribution is -2.02. The van der Waals surface area contributed by atoms with E-state index in [-0.39, 0.29) is 5.97 Å². The number of esters is 1. The molecule has 0 heterocycles. The molecule has 0 N–H and O–H groups in total. The first-order valence-electron chi connectivity index (χ1n) is 4.42. The predicted octanol–water partition coefficient (Wildman–Crippen LogP) is 2.81. The molecule has 0 saturated carbocycles. The van der Waals surface area contributed by atoms with E-state index in [1.807, 2.05) is 25.1 Å². The molecule has 69 valence electrons. The standard InChI is InChI=1S/C11H13O2/c1-2-3-9-13-11(12)10-7-5-4-6-8-10/h4-9H,2-3H2,1H3. The van der Waals surface area contributed by atoms with E-state index in [0.29, 0.717) is 5.56 Å². The molecule has 13 heavy (non-hydrogen) atoms. The summed E-state index contributed by atoms with van der Waals surface area (Å²) < 4.78 is 4.90. The molecule has 0 atom stereocenters. The van der Waals surface area contributed by atoms with Gasteiger partial charge in [-0.1, -0.05) is 31.5 Å². The molecule has 0 fully saturated rings. The highest BCUT2D eigenvalue weighted by atomic mass is 16.5. The smallest absolute Gasteiger partial charge is 0.338 e. The Balaban J connectivity index is 2.40. The highest BCUT2D eigenvalue weighted by molar-refractivity contribution is 5.89. The van der Waals surface area contributed by atoms with E-state index in [4.69, 9.17) is 4.74 Å². The summed E-state index contributed by atoms with van der Waals surface area (Å²) in [7, 11) is 0. The van der Waals surface area contributed by atoms with Crippen LogP contribution in [0.2, 0.25) is 0 Å². The quantitative estimate of drug-likeness (QED) is 0.522. The fourth-order valence-corrected chi connectivity index (χ4v) is 0.895. The van der Waals surface area contributed by atoms with Crippen molar-refractivity contribution in [2.75, 3.05) is 0 Å². The van der Waals surface area contributed by atoms with E-state index in [0.717, 1.165) is 12.8 Å². The van der Waals surface area contributed by atoms with Gasteiger partial charge in [0.2, 0.25) is 0 Å². The Labute approximate surface area is 78.5 Å². The lowest BCUT2D eigenvalue weighted by atomic mass is 10.2. The van der Waals surface area contributed by atoms with Crippen molar-refractivity contribution in [1.29, 1.82) is 0 Å². The van der Waals surface area contributed by atoms with Crippen LogP contribution in [0.1, 0.15) is 30.1 Å². The Morgan fingerprint density at radius 1 is 1.38 bits per heavy atom. The van der Waals surface area contributed by atoms with Crippen molar-refractivity contribution in [3.63, 3.8) is 0 Å². The molecule has 0 unspecified atom stereocenters. The van der Waals surface area contributed by atoms with Gasteiger partial charge in [0.1, 0.15) is 6.61 Å². The minimum Gasteiger partial charge on any atom is -0.455 e. The molecule has 2 heteroatoms. The van der Waals surface area contributed by atoms with Crippen molar-refractivity contribution in [3.05, 3.63) is 42.5 Å². The van der Waals surface area contributed by atoms with Gasteiger partial charge >= 0.3 is 5.97 Å². The lowest BCUT2D eigenvalue weighted by Gasteiger charge is -2.01. The Hall–Kier alpha value is -1.31. The molecule has 1 aromatic carbocycles. The maximum absolute atomic E-state index is 11.3. The second kappa shape index (κ2) is 5.36. The Kier molecular flexibility index (Phi) is 4.03. The minimum absolute atomic E-state index is 0.283. The highest BCUT2D eigenvalue weighted by Crippen LogP contribution is 2.03. The summed E-state index contributed by atoms with van der Waals surface area (Å²) in [5, 5.41) is 0. The predicted molar refractivity (Wildman–Crippen MR) is 51.1 cm³/mol. The van der Waals surface area contributed by atoms with E-state index < -0.39 is 0 Å². The Morgan fingerprint density at radius 3 is 2.69 bits per heavy atom. The molecule has 1 radical (unpaired) electrons. The van der Waals surface area contributed by atoms with Gasteiger partial charge in [0, 0.05) is 0 Å². The van der Waals surface area contributed by atoms with Gasteiger partial charge in [0.25, 0.3) is 0 Å². The fraction of sp³-hybridized carbons (Fsp3) is 0.273. The van der Waals surface area contributed by atoms with Crippen molar-refractivity contribution < 1.29 is 9.53 Å². The van der Waals surface area contributed by atoms with Crippen LogP contribution >= 0.6 is 0 Å². The van der Waals surface area contributed by atoms with Gasteiger partial charge in [-0.3, -0.25) is 0 Å². The maximum atomic E-state index is 11.3. The summed E-state index contributed by atoms with van der Waals surface area (Å²) >= 11 is 0. The number of hydrogen-bond donors (Lipinski definition) is 0. The van der Waals surface area contributed by atoms with E-state index in [1.54, 1.807) is 18.7 Å². The van der Waals surface area contributed by atoms with Crippen LogP contribution in [0.4, 0.5) is 0 Å². The van der Waals surface area contributed by atoms with Gasteiger partial charge in [-0.2, -0.15) is 0 Å². The largest absolute Gasteiger partial charge is 0.455 e. The van der Waals surface area contributed by atoms with Gasteiger partial charge in [0.05, 0.1) is 5.56 Å². The number of carbonyl (C=O) groups is 1. The van der Waals surface area contributed by atoms with E-state index in [2.05, 4.69) is 0 Å². The lowest BCUT2D eigenvalue weighted by molar-refractivity contribution is 0.0598. The fourth-order valence-electron chi connectivity index (χ4n) is 0.895. The third-order valence-electron chi connectivity index (χ3n) is 1.61. The molecule has 0 spiro atoms. The highest BCUT2D eigenvalue weighted by Gasteiger charge is 2.04. The number of ether oxygens (including phenoxy) is 1. The summed E-state index contributed by atoms with van der Waals surface area (Å²) in [6.45, 7) is 3.59. The van der Waals surface area contributed by atoms with Crippen LogP contribution in [-0.2, 0) is 4.74 Å². The number of rotatable bonds is 4. The first-order valence-corrected chi connectivity index (χ1v) is 4.42. The van der Waals surface area contributed by atoms with Crippen molar-refractivity contribution in [2.45, 2.75) is 19.8 Å². The molecule has 1 aromatic rings. The van der Waals surface area contributed by atoms with Gasteiger partial charge in [0.15, 0.2) is 0 Å². The SMILES string of the molecule is CCC[CH]OC(=O)c1ccccc1. The first kappa shape index (κ1) is 9.78. The van der Waals surface area contributed by atoms with Crippen LogP contribution in [0.25, 0.3) is 0 Å². The van der Waals surface area contributed by atoms with Gasteiger partial charge in [-0.25, -0.2) is 4.79 Å². The third-order valence-corrected chi connectivity index (χ3v) is 1.61. The van der Waals surface area contributed by atoms with Crippen molar-refractivity contribution in [2.24, 2.45) is 0 Å². The van der Waals surface area contributed by atoms with Gasteiger partial charge in [-0.05, 0) is 18.6 Å². The molecule has 0 bridgehead atoms. The summed E-state index contributed by atoms with van der Waals surface area (Å²) in [6.07, 6.45) is 1.79. The Morgan fingerprint density at radius 2 is 2.08 bits per heavy atom. The zero-order valence-corrected chi connectivity index (χ0v) is 7.69. The molecule has 2 nitrogen and oxygen atoms in total. The van der Waals surface area contributed by atoms with E-state index in [9.17, 15) is 4.79 Å². The number of benzene rings is 1. The molecule has 0 aromatic heterocycles. The molecule has 0 aliphatic rings. The van der Waals surface area contributed by atoms with Crippen LogP contribution in [0.5, 0.6) is 0 Å². The maximum Gasteiger partial charge on any atom is 0.338 e. The monoisotopic (exact) mass is 177 g/mol. The molecule has 1 rings (SSSR count). The van der Waals surface area contributed by atoms with Gasteiger partial charge in [-0.15, -0.1) is 0 Å². The van der Waals surface area contributed by atoms with Crippen molar-refractivity contribution in [1.82, 2.24) is 0 Å². The third kappa shape index (κ3) is 3.28. The summed E-state index contributed by atoms with van der Waals surface area (Å²) in [5.74, 6) is -0.283. The van der Waals surface area contributed by atoms with Crippen LogP contribution in [0.3, 0.4) is 0 Å². The second-order valence-corrected chi connectivity index (χ2v) is 2.73. The van der Waals surface area contributed by atoms with Crippen LogP contribution in [0.15, 0.2) is 30.3 Å². The number of carbonyl (C=O) groups excluding carboxylic acids is 1. The molecular weight excluding hydrogens is 164 g/mol. The van der Waals surface area contributed by atoms with Gasteiger partial charge < -0.3 is 4.74 Å². The first-order chi connectivity index (χ1) is 6.34. The van der Waals surface area contributed by atoms with Crippen molar-refractivity contribution in [3.8, 4) is 0 Å². The minimum atomic E-state index is -0.283. The molecular formula is C11H13O2. The van der Waals surface area contributed by atoms with E-state index >= 15 is 0 Å². The molecule has 0 aliphatic heterocycles. The second-order valence-electron chi connectivity index (χ2n) is 2.73. The van der Waals surface area contributed by atoms with Crippen LogP contribution in [0, 0.1) is 6.61 Å². The zero-order chi connectivity index (χ0) is 9.52. The molecule has 0 amide bonds. The molecule has 0 aliphatic carbocycles. The van der Waals surface area contributed by atoms with Crippen LogP contribution < -0.4 is 0 Å². The van der Waals surface area contributed by atoms with Crippen LogP contribution in [-0.4, -0.2) is 5.97 Å². The topological polar surface area (TPSA) is 26.3 Å². The summed E-state index contributed by atoms with van der Waals surface area (Å²) in [4.78, 5) is 11.3.